The molecular weight excluding hydrogens is 554 g/mol. The molecule has 0 radical (unpaired) electrons. The summed E-state index contributed by atoms with van der Waals surface area (Å²) in [6.07, 6.45) is 14.6. The molecular formula is C35H43N5O2S. The lowest BCUT2D eigenvalue weighted by Gasteiger charge is -2.08. The van der Waals surface area contributed by atoms with Crippen LogP contribution in [0.3, 0.4) is 0 Å². The molecule has 2 N–H and O–H groups in total. The second-order valence-corrected chi connectivity index (χ2v) is 12.1. The average molecular weight is 598 g/mol. The van der Waals surface area contributed by atoms with Crippen LogP contribution in [0.2, 0.25) is 0 Å². The van der Waals surface area contributed by atoms with Crippen LogP contribution in [0.25, 0.3) is 43.5 Å². The number of imidazole rings is 2. The van der Waals surface area contributed by atoms with Gasteiger partial charge in [-0.2, -0.15) is 5.26 Å². The predicted octanol–water partition coefficient (Wildman–Crippen LogP) is 9.97. The molecule has 5 aromatic rings. The fourth-order valence-electron chi connectivity index (χ4n) is 5.59. The van der Waals surface area contributed by atoms with Crippen molar-refractivity contribution in [2.24, 2.45) is 0 Å². The Morgan fingerprint density at radius 2 is 1.23 bits per heavy atom. The molecule has 0 aliphatic rings. The standard InChI is InChI=1S/C35H43N5O2S/c1-4-7-8-9-10-11-12-13-14-15-16-24-17-19-26-28(21-24)39-34(37-26)32-30(41-5-2)31(42-6-3)33(43-32)35-38-27-20-18-25(23-36)22-29(27)40-35/h17-22H,4-16H2,1-3H3,(H,37,39)(H,38,40). The van der Waals surface area contributed by atoms with Crippen molar-refractivity contribution in [1.82, 2.24) is 19.9 Å². The number of rotatable bonds is 17. The molecule has 8 heteroatoms. The van der Waals surface area contributed by atoms with Crippen molar-refractivity contribution in [3.8, 4) is 39.0 Å². The third kappa shape index (κ3) is 7.40. The quantitative estimate of drug-likeness (QED) is 0.104. The van der Waals surface area contributed by atoms with Gasteiger partial charge in [0.15, 0.2) is 23.1 Å². The molecule has 3 heterocycles. The number of unbranched alkanes of at least 4 members (excludes halogenated alkanes) is 9. The largest absolute Gasteiger partial charge is 0.488 e. The number of aryl methyl sites for hydroxylation is 1. The normalized spacial score (nSPS) is 11.4. The number of thiophene rings is 1. The van der Waals surface area contributed by atoms with Crippen LogP contribution in [0.5, 0.6) is 11.5 Å². The Labute approximate surface area is 258 Å². The van der Waals surface area contributed by atoms with Crippen molar-refractivity contribution in [2.75, 3.05) is 13.2 Å². The van der Waals surface area contributed by atoms with Crippen LogP contribution in [0.4, 0.5) is 0 Å². The van der Waals surface area contributed by atoms with Crippen LogP contribution in [-0.2, 0) is 6.42 Å². The van der Waals surface area contributed by atoms with E-state index in [2.05, 4.69) is 41.2 Å². The number of nitrogens with zero attached hydrogens (tertiary/aromatic N) is 3. The second kappa shape index (κ2) is 15.1. The van der Waals surface area contributed by atoms with Crippen LogP contribution in [-0.4, -0.2) is 33.1 Å². The molecule has 0 saturated carbocycles. The van der Waals surface area contributed by atoms with Gasteiger partial charge >= 0.3 is 0 Å². The minimum Gasteiger partial charge on any atom is -0.488 e. The van der Waals surface area contributed by atoms with Gasteiger partial charge in [-0.1, -0.05) is 70.8 Å². The monoisotopic (exact) mass is 597 g/mol. The zero-order chi connectivity index (χ0) is 30.0. The number of hydrogen-bond acceptors (Lipinski definition) is 6. The summed E-state index contributed by atoms with van der Waals surface area (Å²) in [6.45, 7) is 7.20. The van der Waals surface area contributed by atoms with Gasteiger partial charge in [-0.15, -0.1) is 11.3 Å². The number of H-pyrrole nitrogens is 2. The molecule has 226 valence electrons. The summed E-state index contributed by atoms with van der Waals surface area (Å²) in [4.78, 5) is 18.4. The lowest BCUT2D eigenvalue weighted by atomic mass is 10.0. The maximum Gasteiger partial charge on any atom is 0.183 e. The van der Waals surface area contributed by atoms with Crippen LogP contribution in [0, 0.1) is 11.3 Å². The number of hydrogen-bond donors (Lipinski definition) is 2. The molecule has 2 aromatic carbocycles. The Morgan fingerprint density at radius 1 is 0.698 bits per heavy atom. The minimum absolute atomic E-state index is 0.491. The highest BCUT2D eigenvalue weighted by Crippen LogP contribution is 2.51. The van der Waals surface area contributed by atoms with Gasteiger partial charge in [0.05, 0.1) is 46.9 Å². The molecule has 3 aromatic heterocycles. The molecule has 0 spiro atoms. The summed E-state index contributed by atoms with van der Waals surface area (Å²) in [5.74, 6) is 2.77. The van der Waals surface area contributed by atoms with Crippen LogP contribution < -0.4 is 9.47 Å². The molecule has 0 fully saturated rings. The van der Waals surface area contributed by atoms with Crippen LogP contribution >= 0.6 is 11.3 Å². The third-order valence-electron chi connectivity index (χ3n) is 7.81. The zero-order valence-corrected chi connectivity index (χ0v) is 26.5. The number of fused-ring (bicyclic) bond motifs is 2. The first-order valence-corrected chi connectivity index (χ1v) is 16.8. The lowest BCUT2D eigenvalue weighted by molar-refractivity contribution is 0.292. The molecule has 0 saturated heterocycles. The summed E-state index contributed by atoms with van der Waals surface area (Å²) in [5.41, 5.74) is 5.50. The topological polar surface area (TPSA) is 99.6 Å². The summed E-state index contributed by atoms with van der Waals surface area (Å²) < 4.78 is 12.3. The van der Waals surface area contributed by atoms with Gasteiger partial charge in [0.2, 0.25) is 0 Å². The van der Waals surface area contributed by atoms with Gasteiger partial charge in [0, 0.05) is 0 Å². The van der Waals surface area contributed by atoms with E-state index < -0.39 is 0 Å². The van der Waals surface area contributed by atoms with Crippen LogP contribution in [0.15, 0.2) is 36.4 Å². The number of ether oxygens (including phenoxy) is 2. The van der Waals surface area contributed by atoms with E-state index in [1.54, 1.807) is 17.4 Å². The zero-order valence-electron chi connectivity index (χ0n) is 25.7. The van der Waals surface area contributed by atoms with Crippen molar-refractivity contribution in [2.45, 2.75) is 91.4 Å². The second-order valence-electron chi connectivity index (χ2n) is 11.1. The Kier molecular flexibility index (Phi) is 10.7. The van der Waals surface area contributed by atoms with Gasteiger partial charge in [-0.25, -0.2) is 9.97 Å². The maximum atomic E-state index is 9.32. The van der Waals surface area contributed by atoms with E-state index in [0.717, 1.165) is 44.1 Å². The molecule has 0 unspecified atom stereocenters. The molecule has 7 nitrogen and oxygen atoms in total. The fraction of sp³-hybridized carbons (Fsp3) is 0.457. The van der Waals surface area contributed by atoms with E-state index in [0.29, 0.717) is 36.1 Å². The summed E-state index contributed by atoms with van der Waals surface area (Å²) in [6, 6.07) is 14.2. The number of benzene rings is 2. The van der Waals surface area contributed by atoms with E-state index in [9.17, 15) is 5.26 Å². The smallest absolute Gasteiger partial charge is 0.183 e. The van der Waals surface area contributed by atoms with Gasteiger partial charge in [-0.05, 0) is 62.6 Å². The highest BCUT2D eigenvalue weighted by Gasteiger charge is 2.27. The Bertz CT molecular complexity index is 1680. The first kappa shape index (κ1) is 30.6. The summed E-state index contributed by atoms with van der Waals surface area (Å²) in [7, 11) is 0. The molecule has 0 aliphatic carbocycles. The predicted molar refractivity (Wildman–Crippen MR) is 177 cm³/mol. The van der Waals surface area contributed by atoms with Crippen molar-refractivity contribution in [1.29, 1.82) is 5.26 Å². The van der Waals surface area contributed by atoms with Crippen molar-refractivity contribution in [3.63, 3.8) is 0 Å². The number of aromatic amines is 2. The molecule has 43 heavy (non-hydrogen) atoms. The highest BCUT2D eigenvalue weighted by molar-refractivity contribution is 7.19. The summed E-state index contributed by atoms with van der Waals surface area (Å²) >= 11 is 1.54. The maximum absolute atomic E-state index is 9.32. The van der Waals surface area contributed by atoms with Crippen molar-refractivity contribution < 1.29 is 9.47 Å². The molecule has 0 amide bonds. The van der Waals surface area contributed by atoms with Gasteiger partial charge in [0.25, 0.3) is 0 Å². The molecule has 0 atom stereocenters. The summed E-state index contributed by atoms with van der Waals surface area (Å²) in [5, 5.41) is 9.32. The van der Waals surface area contributed by atoms with Gasteiger partial charge in [0.1, 0.15) is 9.75 Å². The van der Waals surface area contributed by atoms with Gasteiger partial charge < -0.3 is 19.4 Å². The molecule has 5 rings (SSSR count). The van der Waals surface area contributed by atoms with Crippen molar-refractivity contribution in [3.05, 3.63) is 47.5 Å². The molecule has 0 aliphatic heterocycles. The number of nitrogens with one attached hydrogen (secondary N) is 2. The van der Waals surface area contributed by atoms with E-state index in [-0.39, 0.29) is 0 Å². The van der Waals surface area contributed by atoms with Gasteiger partial charge in [-0.3, -0.25) is 0 Å². The fourth-order valence-corrected chi connectivity index (χ4v) is 6.67. The average Bonchev–Trinajstić information content (AvgIpc) is 3.73. The Morgan fingerprint density at radius 3 is 1.79 bits per heavy atom. The number of nitriles is 1. The Balaban J connectivity index is 1.32. The SMILES string of the molecule is CCCCCCCCCCCCc1ccc2nc(-c3sc(-c4nc5ccc(C#N)cc5[nH]4)c(OCC)c3OCC)[nH]c2c1. The minimum atomic E-state index is 0.491. The first-order valence-electron chi connectivity index (χ1n) is 16.0. The van der Waals surface area contributed by atoms with E-state index in [4.69, 9.17) is 19.4 Å². The van der Waals surface area contributed by atoms with E-state index >= 15 is 0 Å². The molecule has 0 bridgehead atoms. The van der Waals surface area contributed by atoms with E-state index in [1.807, 2.05) is 26.0 Å². The highest BCUT2D eigenvalue weighted by atomic mass is 32.1. The lowest BCUT2D eigenvalue weighted by Crippen LogP contribution is -1.98. The first-order chi connectivity index (χ1) is 21.1. The van der Waals surface area contributed by atoms with Crippen molar-refractivity contribution >= 4 is 33.4 Å². The Hall–Kier alpha value is -3.83. The number of aromatic nitrogens is 4. The van der Waals surface area contributed by atoms with E-state index in [1.165, 1.54) is 69.8 Å². The third-order valence-corrected chi connectivity index (χ3v) is 8.97. The van der Waals surface area contributed by atoms with Crippen LogP contribution in [0.1, 0.15) is 96.1 Å².